The molecule has 3 N–H and O–H groups in total. The van der Waals surface area contributed by atoms with Crippen molar-refractivity contribution in [1.82, 2.24) is 0 Å². The monoisotopic (exact) mass is 237 g/mol. The van der Waals surface area contributed by atoms with Crippen molar-refractivity contribution in [1.29, 1.82) is 5.26 Å². The molecule has 0 heterocycles. The van der Waals surface area contributed by atoms with Crippen molar-refractivity contribution in [2.45, 2.75) is 6.92 Å². The average Bonchev–Trinajstić information content (AvgIpc) is 2.26. The predicted molar refractivity (Wildman–Crippen MR) is 63.0 cm³/mol. The lowest BCUT2D eigenvalue weighted by molar-refractivity contribution is -0.120. The quantitative estimate of drug-likeness (QED) is 0.837. The molecule has 4 nitrogen and oxygen atoms in total. The van der Waals surface area contributed by atoms with E-state index in [0.29, 0.717) is 22.8 Å². The summed E-state index contributed by atoms with van der Waals surface area (Å²) in [5.41, 5.74) is 6.32. The van der Waals surface area contributed by atoms with Crippen LogP contribution in [0.25, 0.3) is 0 Å². The van der Waals surface area contributed by atoms with E-state index in [0.717, 1.165) is 0 Å². The predicted octanol–water partition coefficient (Wildman–Crippen LogP) is 1.74. The zero-order chi connectivity index (χ0) is 12.1. The van der Waals surface area contributed by atoms with E-state index >= 15 is 0 Å². The molecule has 5 heteroatoms. The highest BCUT2D eigenvalue weighted by Gasteiger charge is 2.09. The minimum atomic E-state index is -0.364. The number of primary amides is 1. The molecular formula is C11H12ClN3O. The second-order valence-electron chi connectivity index (χ2n) is 3.49. The molecule has 1 aromatic carbocycles. The van der Waals surface area contributed by atoms with E-state index in [1.807, 2.05) is 6.07 Å². The zero-order valence-corrected chi connectivity index (χ0v) is 9.58. The third-order valence-electron chi connectivity index (χ3n) is 2.18. The summed E-state index contributed by atoms with van der Waals surface area (Å²) in [5, 5.41) is 12.1. The average molecular weight is 238 g/mol. The van der Waals surface area contributed by atoms with E-state index in [-0.39, 0.29) is 11.8 Å². The van der Waals surface area contributed by atoms with E-state index in [1.165, 1.54) is 0 Å². The van der Waals surface area contributed by atoms with Gasteiger partial charge in [-0.1, -0.05) is 18.5 Å². The molecule has 0 saturated carbocycles. The lowest BCUT2D eigenvalue weighted by Crippen LogP contribution is -2.26. The molecule has 0 saturated heterocycles. The van der Waals surface area contributed by atoms with E-state index in [2.05, 4.69) is 5.32 Å². The van der Waals surface area contributed by atoms with Crippen molar-refractivity contribution in [2.75, 3.05) is 11.9 Å². The third-order valence-corrected chi connectivity index (χ3v) is 2.50. The number of nitrogens with zero attached hydrogens (tertiary/aromatic N) is 1. The number of amides is 1. The first-order chi connectivity index (χ1) is 7.54. The first kappa shape index (κ1) is 12.3. The summed E-state index contributed by atoms with van der Waals surface area (Å²) in [6.45, 7) is 2.15. The highest BCUT2D eigenvalue weighted by atomic mass is 35.5. The Kier molecular flexibility index (Phi) is 4.15. The summed E-state index contributed by atoms with van der Waals surface area (Å²) in [4.78, 5) is 10.8. The van der Waals surface area contributed by atoms with Crippen molar-refractivity contribution in [2.24, 2.45) is 11.7 Å². The molecule has 84 valence electrons. The molecule has 1 aromatic rings. The van der Waals surface area contributed by atoms with Gasteiger partial charge in [0.25, 0.3) is 0 Å². The fourth-order valence-corrected chi connectivity index (χ4v) is 1.34. The normalized spacial score (nSPS) is 11.6. The lowest BCUT2D eigenvalue weighted by Gasteiger charge is -2.11. The molecule has 16 heavy (non-hydrogen) atoms. The lowest BCUT2D eigenvalue weighted by atomic mass is 10.1. The van der Waals surface area contributed by atoms with Crippen molar-refractivity contribution in [3.8, 4) is 6.07 Å². The Labute approximate surface area is 99.0 Å². The standard InChI is InChI=1S/C11H12ClN3O/c1-7(11(14)16)6-15-10-3-2-8(5-13)4-9(10)12/h2-4,7,15H,6H2,1H3,(H2,14,16). The second kappa shape index (κ2) is 5.38. The second-order valence-corrected chi connectivity index (χ2v) is 3.90. The Balaban J connectivity index is 2.69. The number of rotatable bonds is 4. The van der Waals surface area contributed by atoms with Crippen molar-refractivity contribution in [3.63, 3.8) is 0 Å². The van der Waals surface area contributed by atoms with E-state index in [9.17, 15) is 4.79 Å². The zero-order valence-electron chi connectivity index (χ0n) is 8.83. The first-order valence-electron chi connectivity index (χ1n) is 4.77. The summed E-state index contributed by atoms with van der Waals surface area (Å²) >= 11 is 5.94. The Morgan fingerprint density at radius 1 is 1.69 bits per heavy atom. The summed E-state index contributed by atoms with van der Waals surface area (Å²) in [6.07, 6.45) is 0. The number of nitriles is 1. The number of carbonyl (C=O) groups excluding carboxylic acids is 1. The molecule has 1 atom stereocenters. The van der Waals surface area contributed by atoms with Gasteiger partial charge in [-0.3, -0.25) is 4.79 Å². The van der Waals surface area contributed by atoms with Gasteiger partial charge in [-0.05, 0) is 18.2 Å². The van der Waals surface area contributed by atoms with Gasteiger partial charge in [-0.25, -0.2) is 0 Å². The van der Waals surface area contributed by atoms with Gasteiger partial charge < -0.3 is 11.1 Å². The summed E-state index contributed by atoms with van der Waals surface area (Å²) < 4.78 is 0. The summed E-state index contributed by atoms with van der Waals surface area (Å²) in [5.74, 6) is -0.635. The van der Waals surface area contributed by atoms with Crippen LogP contribution < -0.4 is 11.1 Å². The van der Waals surface area contributed by atoms with Crippen LogP contribution in [0.1, 0.15) is 12.5 Å². The first-order valence-corrected chi connectivity index (χ1v) is 5.15. The molecule has 0 aliphatic carbocycles. The largest absolute Gasteiger partial charge is 0.383 e. The number of nitrogens with one attached hydrogen (secondary N) is 1. The number of hydrogen-bond donors (Lipinski definition) is 2. The van der Waals surface area contributed by atoms with Gasteiger partial charge in [0, 0.05) is 6.54 Å². The maximum absolute atomic E-state index is 10.8. The van der Waals surface area contributed by atoms with E-state index in [4.69, 9.17) is 22.6 Å². The fraction of sp³-hybridized carbons (Fsp3) is 0.273. The van der Waals surface area contributed by atoms with Gasteiger partial charge in [0.15, 0.2) is 0 Å². The van der Waals surface area contributed by atoms with Crippen LogP contribution in [0.4, 0.5) is 5.69 Å². The molecule has 0 fully saturated rings. The molecule has 0 bridgehead atoms. The van der Waals surface area contributed by atoms with Gasteiger partial charge in [0.1, 0.15) is 0 Å². The number of carbonyl (C=O) groups is 1. The Hall–Kier alpha value is -1.73. The number of anilines is 1. The van der Waals surface area contributed by atoms with E-state index < -0.39 is 0 Å². The van der Waals surface area contributed by atoms with Crippen LogP contribution in [0.2, 0.25) is 5.02 Å². The minimum Gasteiger partial charge on any atom is -0.383 e. The summed E-state index contributed by atoms with van der Waals surface area (Å²) in [7, 11) is 0. The van der Waals surface area contributed by atoms with Crippen LogP contribution in [0.5, 0.6) is 0 Å². The molecule has 1 amide bonds. The maximum atomic E-state index is 10.8. The van der Waals surface area contributed by atoms with Gasteiger partial charge in [0.2, 0.25) is 5.91 Å². The van der Waals surface area contributed by atoms with Crippen LogP contribution in [0.3, 0.4) is 0 Å². The van der Waals surface area contributed by atoms with E-state index in [1.54, 1.807) is 25.1 Å². The molecule has 0 aromatic heterocycles. The van der Waals surface area contributed by atoms with Crippen LogP contribution in [0, 0.1) is 17.2 Å². The Bertz CT molecular complexity index is 439. The fourth-order valence-electron chi connectivity index (χ4n) is 1.09. The van der Waals surface area contributed by atoms with Crippen LogP contribution in [-0.2, 0) is 4.79 Å². The Morgan fingerprint density at radius 3 is 2.88 bits per heavy atom. The molecule has 1 unspecified atom stereocenters. The molecule has 0 aliphatic rings. The molecule has 0 aliphatic heterocycles. The molecule has 1 rings (SSSR count). The molecule has 0 spiro atoms. The van der Waals surface area contributed by atoms with Crippen LogP contribution in [-0.4, -0.2) is 12.5 Å². The third kappa shape index (κ3) is 3.14. The van der Waals surface area contributed by atoms with Crippen molar-refractivity contribution < 1.29 is 4.79 Å². The Morgan fingerprint density at radius 2 is 2.38 bits per heavy atom. The van der Waals surface area contributed by atoms with Gasteiger partial charge in [-0.15, -0.1) is 0 Å². The highest BCUT2D eigenvalue weighted by Crippen LogP contribution is 2.22. The van der Waals surface area contributed by atoms with Crippen LogP contribution in [0.15, 0.2) is 18.2 Å². The number of hydrogen-bond acceptors (Lipinski definition) is 3. The molecule has 0 radical (unpaired) electrons. The van der Waals surface area contributed by atoms with Gasteiger partial charge in [-0.2, -0.15) is 5.26 Å². The van der Waals surface area contributed by atoms with Crippen molar-refractivity contribution >= 4 is 23.2 Å². The van der Waals surface area contributed by atoms with Crippen LogP contribution >= 0.6 is 11.6 Å². The number of nitrogens with two attached hydrogens (primary N) is 1. The topological polar surface area (TPSA) is 78.9 Å². The van der Waals surface area contributed by atoms with Gasteiger partial charge >= 0.3 is 0 Å². The SMILES string of the molecule is CC(CNc1ccc(C#N)cc1Cl)C(N)=O. The number of benzene rings is 1. The maximum Gasteiger partial charge on any atom is 0.222 e. The minimum absolute atomic E-state index is 0.272. The molecular weight excluding hydrogens is 226 g/mol. The number of halogens is 1. The van der Waals surface area contributed by atoms with Crippen molar-refractivity contribution in [3.05, 3.63) is 28.8 Å². The highest BCUT2D eigenvalue weighted by molar-refractivity contribution is 6.33. The van der Waals surface area contributed by atoms with Gasteiger partial charge in [0.05, 0.1) is 28.3 Å². The smallest absolute Gasteiger partial charge is 0.222 e. The summed E-state index contributed by atoms with van der Waals surface area (Å²) in [6, 6.07) is 6.92.